The van der Waals surface area contributed by atoms with Crippen molar-refractivity contribution >= 4 is 33.8 Å². The van der Waals surface area contributed by atoms with Gasteiger partial charge in [0.25, 0.3) is 0 Å². The summed E-state index contributed by atoms with van der Waals surface area (Å²) in [6, 6.07) is 26.4. The summed E-state index contributed by atoms with van der Waals surface area (Å²) in [6.45, 7) is 1.24. The molecule has 0 fully saturated rings. The molecule has 1 unspecified atom stereocenters. The molecule has 1 aliphatic heterocycles. The molecular formula is C41H45NO8. The van der Waals surface area contributed by atoms with Crippen molar-refractivity contribution in [3.63, 3.8) is 0 Å². The Morgan fingerprint density at radius 1 is 0.740 bits per heavy atom. The van der Waals surface area contributed by atoms with Gasteiger partial charge in [0.2, 0.25) is 0 Å². The Morgan fingerprint density at radius 3 is 2.06 bits per heavy atom. The molecule has 1 atom stereocenters. The Bertz CT molecular complexity index is 1940. The van der Waals surface area contributed by atoms with Gasteiger partial charge in [0.1, 0.15) is 18.6 Å². The van der Waals surface area contributed by atoms with Gasteiger partial charge in [0.05, 0.1) is 41.6 Å². The van der Waals surface area contributed by atoms with Gasteiger partial charge in [-0.1, -0.05) is 36.4 Å². The Balaban J connectivity index is 0.000000273. The Kier molecular flexibility index (Phi) is 12.2. The quantitative estimate of drug-likeness (QED) is 0.0569. The van der Waals surface area contributed by atoms with Gasteiger partial charge in [-0.2, -0.15) is 0 Å². The minimum atomic E-state index is -0.249. The molecule has 6 rings (SSSR count). The zero-order valence-electron chi connectivity index (χ0n) is 29.6. The average molecular weight is 680 g/mol. The first-order valence-corrected chi connectivity index (χ1v) is 16.6. The molecule has 9 nitrogen and oxygen atoms in total. The number of benzene rings is 5. The molecule has 0 spiro atoms. The van der Waals surface area contributed by atoms with Gasteiger partial charge in [-0.15, -0.1) is 0 Å². The highest BCUT2D eigenvalue weighted by molar-refractivity contribution is 6.11. The van der Waals surface area contributed by atoms with Gasteiger partial charge in [0, 0.05) is 19.4 Å². The van der Waals surface area contributed by atoms with Crippen LogP contribution in [0, 0.1) is 0 Å². The second kappa shape index (κ2) is 16.9. The third-order valence-electron chi connectivity index (χ3n) is 9.05. The van der Waals surface area contributed by atoms with Gasteiger partial charge >= 0.3 is 5.97 Å². The number of esters is 1. The normalized spacial score (nSPS) is 13.8. The summed E-state index contributed by atoms with van der Waals surface area (Å²) in [7, 11) is 10.6. The second-order valence-electron chi connectivity index (χ2n) is 12.0. The highest BCUT2D eigenvalue weighted by Crippen LogP contribution is 2.46. The van der Waals surface area contributed by atoms with E-state index in [4.69, 9.17) is 28.4 Å². The molecule has 1 heterocycles. The van der Waals surface area contributed by atoms with E-state index in [9.17, 15) is 9.59 Å². The third-order valence-corrected chi connectivity index (χ3v) is 9.05. The number of hydrogen-bond donors (Lipinski definition) is 0. The van der Waals surface area contributed by atoms with E-state index in [1.165, 1.54) is 16.7 Å². The first-order valence-electron chi connectivity index (χ1n) is 16.6. The van der Waals surface area contributed by atoms with E-state index in [-0.39, 0.29) is 12.0 Å². The van der Waals surface area contributed by atoms with E-state index in [1.807, 2.05) is 36.4 Å². The average Bonchev–Trinajstić information content (AvgIpc) is 3.16. The second-order valence-corrected chi connectivity index (χ2v) is 12.0. The molecule has 0 saturated heterocycles. The van der Waals surface area contributed by atoms with E-state index in [2.05, 4.69) is 54.4 Å². The van der Waals surface area contributed by atoms with E-state index in [1.54, 1.807) is 35.5 Å². The van der Waals surface area contributed by atoms with Crippen molar-refractivity contribution < 1.29 is 38.0 Å². The minimum absolute atomic E-state index is 0.0330. The van der Waals surface area contributed by atoms with Crippen molar-refractivity contribution in [2.45, 2.75) is 38.3 Å². The molecule has 1 aliphatic rings. The van der Waals surface area contributed by atoms with Crippen molar-refractivity contribution in [1.82, 2.24) is 4.90 Å². The molecule has 0 radical (unpaired) electrons. The van der Waals surface area contributed by atoms with Gasteiger partial charge in [-0.25, -0.2) is 0 Å². The zero-order chi connectivity index (χ0) is 35.6. The van der Waals surface area contributed by atoms with Crippen molar-refractivity contribution in [2.24, 2.45) is 0 Å². The fourth-order valence-electron chi connectivity index (χ4n) is 6.45. The van der Waals surface area contributed by atoms with E-state index >= 15 is 0 Å². The van der Waals surface area contributed by atoms with Gasteiger partial charge in [-0.05, 0) is 106 Å². The number of carbonyl (C=O) groups is 2. The summed E-state index contributed by atoms with van der Waals surface area (Å²) < 4.78 is 33.2. The molecule has 0 bridgehead atoms. The van der Waals surface area contributed by atoms with Crippen LogP contribution in [0.15, 0.2) is 78.9 Å². The van der Waals surface area contributed by atoms with Crippen molar-refractivity contribution in [3.8, 4) is 28.7 Å². The number of likely N-dealkylation sites (N-methyl/N-ethyl adjacent to an activating group) is 1. The molecule has 5 aromatic rings. The number of nitrogens with zero attached hydrogens (tertiary/aromatic N) is 1. The molecule has 0 aliphatic carbocycles. The summed E-state index contributed by atoms with van der Waals surface area (Å²) >= 11 is 0. The summed E-state index contributed by atoms with van der Waals surface area (Å²) in [4.78, 5) is 23.6. The first-order chi connectivity index (χ1) is 24.3. The van der Waals surface area contributed by atoms with Crippen molar-refractivity contribution in [3.05, 3.63) is 101 Å². The number of methoxy groups -OCH3 is 5. The molecule has 50 heavy (non-hydrogen) atoms. The minimum Gasteiger partial charge on any atom is -0.497 e. The smallest absolute Gasteiger partial charge is 0.306 e. The van der Waals surface area contributed by atoms with Crippen LogP contribution in [-0.2, 0) is 27.4 Å². The van der Waals surface area contributed by atoms with Crippen molar-refractivity contribution in [1.29, 1.82) is 0 Å². The third kappa shape index (κ3) is 7.95. The van der Waals surface area contributed by atoms with Crippen LogP contribution < -0.4 is 23.7 Å². The van der Waals surface area contributed by atoms with Crippen LogP contribution in [-0.4, -0.2) is 66.3 Å². The number of unbranched alkanes of at least 4 members (excludes halogenated alkanes) is 1. The highest BCUT2D eigenvalue weighted by Gasteiger charge is 2.30. The molecule has 9 heteroatoms. The molecule has 5 aromatic carbocycles. The predicted octanol–water partition coefficient (Wildman–Crippen LogP) is 7.71. The number of rotatable bonds is 12. The summed E-state index contributed by atoms with van der Waals surface area (Å²) in [5, 5.41) is 4.45. The number of hydrogen-bond acceptors (Lipinski definition) is 9. The van der Waals surface area contributed by atoms with Crippen LogP contribution in [0.2, 0.25) is 0 Å². The van der Waals surface area contributed by atoms with E-state index in [0.29, 0.717) is 37.4 Å². The maximum Gasteiger partial charge on any atom is 0.306 e. The number of fused-ring (bicyclic) bond motifs is 4. The molecule has 0 aromatic heterocycles. The highest BCUT2D eigenvalue weighted by atomic mass is 16.5. The van der Waals surface area contributed by atoms with Crippen LogP contribution in [0.5, 0.6) is 28.7 Å². The molecule has 0 saturated carbocycles. The van der Waals surface area contributed by atoms with Crippen LogP contribution in [0.1, 0.15) is 47.6 Å². The Hall–Kier alpha value is -5.28. The number of ether oxygens (including phenoxy) is 6. The Morgan fingerprint density at radius 2 is 1.40 bits per heavy atom. The number of aldehydes is 1. The summed E-state index contributed by atoms with van der Waals surface area (Å²) in [5.41, 5.74) is 4.67. The van der Waals surface area contributed by atoms with Gasteiger partial charge in [0.15, 0.2) is 23.0 Å². The SMILES string of the molecule is COc1ccc2cc(C3c4cc(OC)c(OC)cc4CCN3C)c3cc(OC)c(OC)cc3c2c1.O=CCCCC(=O)OCc1ccccc1. The van der Waals surface area contributed by atoms with Gasteiger partial charge in [-0.3, -0.25) is 9.69 Å². The lowest BCUT2D eigenvalue weighted by atomic mass is 9.84. The van der Waals surface area contributed by atoms with E-state index < -0.39 is 0 Å². The monoisotopic (exact) mass is 679 g/mol. The lowest BCUT2D eigenvalue weighted by molar-refractivity contribution is -0.145. The lowest BCUT2D eigenvalue weighted by Gasteiger charge is -2.36. The first kappa shape index (κ1) is 36.0. The maximum absolute atomic E-state index is 11.2. The standard InChI is InChI=1S/C29H31NO5.C12H14O3/c1-30-10-9-18-12-25(32-3)26(33-4)14-21(18)29(30)24-11-17-7-8-19(31-2)13-20(17)22-15-27(34-5)28(35-6)16-23(22)24;13-9-5-4-8-12(14)15-10-11-6-2-1-3-7-11/h7-8,11-16,29H,9-10H2,1-6H3;1-3,6-7,9H,4-5,8,10H2. The fraction of sp³-hybridized carbons (Fsp3) is 0.317. The van der Waals surface area contributed by atoms with Crippen LogP contribution >= 0.6 is 0 Å². The number of carbonyl (C=O) groups excluding carboxylic acids is 2. The van der Waals surface area contributed by atoms with Crippen LogP contribution in [0.3, 0.4) is 0 Å². The van der Waals surface area contributed by atoms with Crippen LogP contribution in [0.25, 0.3) is 21.5 Å². The molecule has 0 N–H and O–H groups in total. The molecule has 0 amide bonds. The predicted molar refractivity (Wildman–Crippen MR) is 195 cm³/mol. The fourth-order valence-corrected chi connectivity index (χ4v) is 6.45. The largest absolute Gasteiger partial charge is 0.497 e. The summed E-state index contributed by atoms with van der Waals surface area (Å²) in [6.07, 6.45) is 3.05. The van der Waals surface area contributed by atoms with E-state index in [0.717, 1.165) is 63.6 Å². The molecular weight excluding hydrogens is 634 g/mol. The van der Waals surface area contributed by atoms with Gasteiger partial charge < -0.3 is 33.2 Å². The maximum atomic E-state index is 11.2. The topological polar surface area (TPSA) is 92.8 Å². The van der Waals surface area contributed by atoms with Crippen LogP contribution in [0.4, 0.5) is 0 Å². The van der Waals surface area contributed by atoms with Crippen molar-refractivity contribution in [2.75, 3.05) is 49.1 Å². The molecule has 262 valence electrons. The zero-order valence-corrected chi connectivity index (χ0v) is 29.6. The lowest BCUT2D eigenvalue weighted by Crippen LogP contribution is -2.33. The Labute approximate surface area is 293 Å². The summed E-state index contributed by atoms with van der Waals surface area (Å²) in [5.74, 6) is 3.47.